The van der Waals surface area contributed by atoms with Crippen molar-refractivity contribution in [3.63, 3.8) is 0 Å². The van der Waals surface area contributed by atoms with Crippen molar-refractivity contribution < 1.29 is 0 Å². The van der Waals surface area contributed by atoms with Crippen LogP contribution in [-0.2, 0) is 0 Å². The maximum absolute atomic E-state index is 5.06. The fourth-order valence-electron chi connectivity index (χ4n) is 0.895. The molecule has 1 aliphatic rings. The third kappa shape index (κ3) is 0.980. The van der Waals surface area contributed by atoms with E-state index in [9.17, 15) is 0 Å². The monoisotopic (exact) mass is 113 g/mol. The van der Waals surface area contributed by atoms with Crippen LogP contribution in [0, 0.1) is 0 Å². The highest BCUT2D eigenvalue weighted by Gasteiger charge is 2.12. The SMILES string of the molecule is CN1CC/C(=N\N)C1. The summed E-state index contributed by atoms with van der Waals surface area (Å²) in [5.41, 5.74) is 1.12. The summed E-state index contributed by atoms with van der Waals surface area (Å²) in [6.45, 7) is 2.06. The molecule has 3 nitrogen and oxygen atoms in total. The van der Waals surface area contributed by atoms with Crippen molar-refractivity contribution in [2.45, 2.75) is 6.42 Å². The van der Waals surface area contributed by atoms with E-state index >= 15 is 0 Å². The van der Waals surface area contributed by atoms with Gasteiger partial charge in [0.05, 0.1) is 5.71 Å². The predicted octanol–water partition coefficient (Wildman–Crippen LogP) is -0.363. The number of likely N-dealkylation sites (tertiary alicyclic amines) is 1. The van der Waals surface area contributed by atoms with Crippen LogP contribution < -0.4 is 5.84 Å². The summed E-state index contributed by atoms with van der Waals surface area (Å²) in [5.74, 6) is 5.06. The van der Waals surface area contributed by atoms with E-state index in [2.05, 4.69) is 17.0 Å². The number of rotatable bonds is 0. The first kappa shape index (κ1) is 5.56. The largest absolute Gasteiger partial charge is 0.323 e. The fourth-order valence-corrected chi connectivity index (χ4v) is 0.895. The van der Waals surface area contributed by atoms with E-state index in [-0.39, 0.29) is 0 Å². The first-order valence-corrected chi connectivity index (χ1v) is 2.77. The summed E-state index contributed by atoms with van der Waals surface area (Å²) in [4.78, 5) is 2.20. The number of nitrogens with zero attached hydrogens (tertiary/aromatic N) is 2. The van der Waals surface area contributed by atoms with Crippen LogP contribution in [0.25, 0.3) is 0 Å². The van der Waals surface area contributed by atoms with Gasteiger partial charge < -0.3 is 10.7 Å². The van der Waals surface area contributed by atoms with Gasteiger partial charge in [0.1, 0.15) is 0 Å². The molecule has 1 saturated heterocycles. The van der Waals surface area contributed by atoms with Gasteiger partial charge in [-0.05, 0) is 7.05 Å². The summed E-state index contributed by atoms with van der Waals surface area (Å²) >= 11 is 0. The van der Waals surface area contributed by atoms with Crippen molar-refractivity contribution >= 4 is 5.71 Å². The maximum atomic E-state index is 5.06. The van der Waals surface area contributed by atoms with Crippen LogP contribution in [0.5, 0.6) is 0 Å². The minimum absolute atomic E-state index is 0.955. The molecular formula is C5H11N3. The van der Waals surface area contributed by atoms with Crippen LogP contribution in [0.1, 0.15) is 6.42 Å². The Morgan fingerprint density at radius 1 is 1.75 bits per heavy atom. The molecule has 0 aromatic rings. The van der Waals surface area contributed by atoms with Crippen molar-refractivity contribution in [2.24, 2.45) is 10.9 Å². The van der Waals surface area contributed by atoms with Gasteiger partial charge in [0.15, 0.2) is 0 Å². The first-order valence-electron chi connectivity index (χ1n) is 2.77. The van der Waals surface area contributed by atoms with Crippen molar-refractivity contribution in [3.8, 4) is 0 Å². The van der Waals surface area contributed by atoms with Gasteiger partial charge in [-0.1, -0.05) is 0 Å². The highest BCUT2D eigenvalue weighted by molar-refractivity contribution is 5.87. The van der Waals surface area contributed by atoms with Crippen LogP contribution in [0.15, 0.2) is 5.10 Å². The van der Waals surface area contributed by atoms with Gasteiger partial charge in [-0.3, -0.25) is 0 Å². The van der Waals surface area contributed by atoms with E-state index in [1.807, 2.05) is 0 Å². The second-order valence-corrected chi connectivity index (χ2v) is 2.18. The number of hydrazone groups is 1. The highest BCUT2D eigenvalue weighted by atomic mass is 15.2. The predicted molar refractivity (Wildman–Crippen MR) is 33.7 cm³/mol. The van der Waals surface area contributed by atoms with E-state index < -0.39 is 0 Å². The van der Waals surface area contributed by atoms with Gasteiger partial charge in [0.2, 0.25) is 0 Å². The van der Waals surface area contributed by atoms with Crippen LogP contribution in [0.2, 0.25) is 0 Å². The molecule has 0 atom stereocenters. The van der Waals surface area contributed by atoms with Crippen LogP contribution >= 0.6 is 0 Å². The lowest BCUT2D eigenvalue weighted by Crippen LogP contribution is -2.14. The lowest BCUT2D eigenvalue weighted by molar-refractivity contribution is 0.428. The Hall–Kier alpha value is -0.570. The standard InChI is InChI=1S/C5H11N3/c1-8-3-2-5(4-8)7-6/h2-4,6H2,1H3/b7-5+. The van der Waals surface area contributed by atoms with Gasteiger partial charge in [-0.15, -0.1) is 0 Å². The Kier molecular flexibility index (Phi) is 1.48. The molecule has 46 valence electrons. The number of nitrogens with two attached hydrogens (primary N) is 1. The van der Waals surface area contributed by atoms with Crippen LogP contribution in [0.3, 0.4) is 0 Å². The Bertz CT molecular complexity index is 108. The van der Waals surface area contributed by atoms with Crippen molar-refractivity contribution in [1.82, 2.24) is 4.90 Å². The van der Waals surface area contributed by atoms with Gasteiger partial charge in [0, 0.05) is 19.5 Å². The van der Waals surface area contributed by atoms with E-state index in [0.29, 0.717) is 0 Å². The molecule has 2 N–H and O–H groups in total. The Labute approximate surface area is 49.2 Å². The van der Waals surface area contributed by atoms with Crippen LogP contribution in [0.4, 0.5) is 0 Å². The molecule has 0 unspecified atom stereocenters. The lowest BCUT2D eigenvalue weighted by atomic mass is 10.3. The first-order chi connectivity index (χ1) is 3.83. The second-order valence-electron chi connectivity index (χ2n) is 2.18. The van der Waals surface area contributed by atoms with Gasteiger partial charge >= 0.3 is 0 Å². The molecule has 1 fully saturated rings. The number of hydrogen-bond acceptors (Lipinski definition) is 3. The van der Waals surface area contributed by atoms with E-state index in [1.165, 1.54) is 0 Å². The third-order valence-electron chi connectivity index (χ3n) is 1.42. The zero-order valence-corrected chi connectivity index (χ0v) is 5.09. The minimum atomic E-state index is 0.955. The summed E-state index contributed by atoms with van der Waals surface area (Å²) in [6, 6.07) is 0. The molecule has 1 aliphatic heterocycles. The molecule has 1 heterocycles. The van der Waals surface area contributed by atoms with Crippen molar-refractivity contribution in [1.29, 1.82) is 0 Å². The molecule has 3 heteroatoms. The molecule has 1 rings (SSSR count). The second kappa shape index (κ2) is 2.13. The molecular weight excluding hydrogens is 102 g/mol. The van der Waals surface area contributed by atoms with Crippen LogP contribution in [-0.4, -0.2) is 30.7 Å². The quantitative estimate of drug-likeness (QED) is 0.344. The average molecular weight is 113 g/mol. The molecule has 0 amide bonds. The number of hydrogen-bond donors (Lipinski definition) is 1. The maximum Gasteiger partial charge on any atom is 0.0528 e. The smallest absolute Gasteiger partial charge is 0.0528 e. The molecule has 0 aliphatic carbocycles. The molecule has 0 radical (unpaired) electrons. The molecule has 0 spiro atoms. The Morgan fingerprint density at radius 2 is 2.50 bits per heavy atom. The normalized spacial score (nSPS) is 27.4. The summed E-state index contributed by atoms with van der Waals surface area (Å²) < 4.78 is 0. The highest BCUT2D eigenvalue weighted by Crippen LogP contribution is 2.00. The van der Waals surface area contributed by atoms with E-state index in [0.717, 1.165) is 25.2 Å². The van der Waals surface area contributed by atoms with E-state index in [1.54, 1.807) is 0 Å². The van der Waals surface area contributed by atoms with Crippen molar-refractivity contribution in [3.05, 3.63) is 0 Å². The van der Waals surface area contributed by atoms with E-state index in [4.69, 9.17) is 5.84 Å². The minimum Gasteiger partial charge on any atom is -0.323 e. The zero-order chi connectivity index (χ0) is 5.98. The zero-order valence-electron chi connectivity index (χ0n) is 5.09. The lowest BCUT2D eigenvalue weighted by Gasteiger charge is -2.00. The topological polar surface area (TPSA) is 41.6 Å². The fraction of sp³-hybridized carbons (Fsp3) is 0.800. The summed E-state index contributed by atoms with van der Waals surface area (Å²) in [7, 11) is 2.07. The Balaban J connectivity index is 2.44. The Morgan fingerprint density at radius 3 is 2.75 bits per heavy atom. The molecule has 0 bridgehead atoms. The average Bonchev–Trinajstić information content (AvgIpc) is 2.14. The summed E-state index contributed by atoms with van der Waals surface area (Å²) in [6.07, 6.45) is 1.05. The summed E-state index contributed by atoms with van der Waals surface area (Å²) in [5, 5.41) is 3.61. The van der Waals surface area contributed by atoms with Gasteiger partial charge in [0.25, 0.3) is 0 Å². The third-order valence-corrected chi connectivity index (χ3v) is 1.42. The van der Waals surface area contributed by atoms with Gasteiger partial charge in [-0.2, -0.15) is 5.10 Å². The van der Waals surface area contributed by atoms with Crippen molar-refractivity contribution in [2.75, 3.05) is 20.1 Å². The van der Waals surface area contributed by atoms with Gasteiger partial charge in [-0.25, -0.2) is 0 Å². The molecule has 8 heavy (non-hydrogen) atoms. The molecule has 0 saturated carbocycles. The molecule has 0 aromatic heterocycles. The molecule has 0 aromatic carbocycles.